The number of nitrogens with one attached hydrogen (secondary N) is 1. The first-order valence-corrected chi connectivity index (χ1v) is 18.7. The minimum absolute atomic E-state index is 0.000837. The van der Waals surface area contributed by atoms with E-state index in [9.17, 15) is 0 Å². The van der Waals surface area contributed by atoms with Crippen molar-refractivity contribution in [2.75, 3.05) is 10.2 Å². The topological polar surface area (TPSA) is 28.4 Å². The lowest BCUT2D eigenvalue weighted by Gasteiger charge is -2.42. The van der Waals surface area contributed by atoms with Crippen LogP contribution in [-0.2, 0) is 16.2 Å². The van der Waals surface area contributed by atoms with Gasteiger partial charge in [-0.2, -0.15) is 0 Å². The predicted octanol–water partition coefficient (Wildman–Crippen LogP) is 14.4. The van der Waals surface area contributed by atoms with Crippen LogP contribution in [0.25, 0.3) is 33.1 Å². The lowest BCUT2D eigenvalue weighted by atomic mass is 9.63. The molecule has 7 aromatic rings. The summed E-state index contributed by atoms with van der Waals surface area (Å²) in [5.41, 5.74) is 15.3. The number of nitrogens with zero attached hydrogens (tertiary/aromatic N) is 1. The molecule has 0 atom stereocenters. The van der Waals surface area contributed by atoms with Crippen molar-refractivity contribution in [1.82, 2.24) is 0 Å². The molecule has 3 nitrogen and oxygen atoms in total. The van der Waals surface area contributed by atoms with Crippen molar-refractivity contribution in [2.45, 2.75) is 84.5 Å². The van der Waals surface area contributed by atoms with Crippen LogP contribution in [0.2, 0.25) is 0 Å². The zero-order chi connectivity index (χ0) is 36.4. The molecular formula is C49H50N2O. The first-order chi connectivity index (χ1) is 24.8. The minimum atomic E-state index is -0.000837. The van der Waals surface area contributed by atoms with Gasteiger partial charge < -0.3 is 14.6 Å². The maximum Gasteiger partial charge on any atom is 0.137 e. The number of benzene rings is 6. The van der Waals surface area contributed by atoms with E-state index in [0.717, 1.165) is 50.4 Å². The van der Waals surface area contributed by atoms with Crippen molar-refractivity contribution in [1.29, 1.82) is 0 Å². The van der Waals surface area contributed by atoms with Gasteiger partial charge in [-0.1, -0.05) is 109 Å². The Hall–Kier alpha value is -5.28. The van der Waals surface area contributed by atoms with Gasteiger partial charge in [0.25, 0.3) is 0 Å². The molecule has 8 rings (SSSR count). The SMILES string of the molecule is Cc1cc(Nc2ccc3c(c2)C(C)(C)CCC3(C)C)cc(N(c2ccc3c(c2)oc2ccccc23)c2ccc(C(C)(C)C)cc2-c2ccccc2)c1. The highest BCUT2D eigenvalue weighted by atomic mass is 16.3. The largest absolute Gasteiger partial charge is 0.456 e. The average molecular weight is 683 g/mol. The van der Waals surface area contributed by atoms with Crippen molar-refractivity contribution >= 4 is 50.4 Å². The molecule has 0 aliphatic heterocycles. The Bertz CT molecular complexity index is 2440. The first-order valence-electron chi connectivity index (χ1n) is 18.7. The average Bonchev–Trinajstić information content (AvgIpc) is 3.48. The molecule has 52 heavy (non-hydrogen) atoms. The first kappa shape index (κ1) is 33.8. The van der Waals surface area contributed by atoms with Gasteiger partial charge in [0.05, 0.1) is 5.69 Å². The van der Waals surface area contributed by atoms with Gasteiger partial charge in [0.15, 0.2) is 0 Å². The quantitative estimate of drug-likeness (QED) is 0.189. The summed E-state index contributed by atoms with van der Waals surface area (Å²) in [6.07, 6.45) is 2.39. The Morgan fingerprint density at radius 1 is 0.596 bits per heavy atom. The Morgan fingerprint density at radius 3 is 2.08 bits per heavy atom. The van der Waals surface area contributed by atoms with Crippen molar-refractivity contribution in [3.05, 3.63) is 150 Å². The maximum absolute atomic E-state index is 6.46. The van der Waals surface area contributed by atoms with Gasteiger partial charge >= 0.3 is 0 Å². The summed E-state index contributed by atoms with van der Waals surface area (Å²) < 4.78 is 6.46. The molecule has 0 saturated heterocycles. The highest BCUT2D eigenvalue weighted by Crippen LogP contribution is 2.48. The Balaban J connectivity index is 1.30. The third-order valence-corrected chi connectivity index (χ3v) is 11.3. The maximum atomic E-state index is 6.46. The zero-order valence-corrected chi connectivity index (χ0v) is 31.9. The normalized spacial score (nSPS) is 15.1. The van der Waals surface area contributed by atoms with Gasteiger partial charge in [0, 0.05) is 45.2 Å². The molecule has 3 heteroatoms. The summed E-state index contributed by atoms with van der Waals surface area (Å²) in [5, 5.41) is 6.09. The van der Waals surface area contributed by atoms with Crippen LogP contribution in [0, 0.1) is 6.92 Å². The number of rotatable bonds is 6. The second-order valence-electron chi connectivity index (χ2n) is 17.2. The van der Waals surface area contributed by atoms with Crippen molar-refractivity contribution in [3.8, 4) is 11.1 Å². The fraction of sp³-hybridized carbons (Fsp3) is 0.265. The van der Waals surface area contributed by atoms with Crippen LogP contribution in [0.3, 0.4) is 0 Å². The summed E-state index contributed by atoms with van der Waals surface area (Å²) in [7, 11) is 0. The van der Waals surface area contributed by atoms with E-state index >= 15 is 0 Å². The van der Waals surface area contributed by atoms with Gasteiger partial charge in [-0.05, 0) is 124 Å². The molecule has 0 fully saturated rings. The molecule has 1 aromatic heterocycles. The summed E-state index contributed by atoms with van der Waals surface area (Å²) in [6.45, 7) is 18.6. The number of furan rings is 1. The third kappa shape index (κ3) is 6.17. The molecule has 0 amide bonds. The molecule has 1 heterocycles. The van der Waals surface area contributed by atoms with E-state index in [1.54, 1.807) is 0 Å². The standard InChI is InChI=1S/C49H50N2O/c1-32-26-36(50-35-19-22-42-43(30-35)49(7,8)25-24-48(42,5)6)29-38(27-32)51(37-20-21-40-39-16-12-13-17-45(39)52-46(40)31-37)44-23-18-34(47(2,3)4)28-41(44)33-14-10-9-11-15-33/h9-23,26-31,50H,24-25H2,1-8H3. The summed E-state index contributed by atoms with van der Waals surface area (Å²) in [6, 6.07) is 46.5. The predicted molar refractivity (Wildman–Crippen MR) is 222 cm³/mol. The molecular weight excluding hydrogens is 633 g/mol. The number of hydrogen-bond acceptors (Lipinski definition) is 3. The van der Waals surface area contributed by atoms with E-state index in [1.807, 2.05) is 12.1 Å². The van der Waals surface area contributed by atoms with Crippen LogP contribution >= 0.6 is 0 Å². The molecule has 1 aliphatic carbocycles. The Morgan fingerprint density at radius 2 is 1.31 bits per heavy atom. The molecule has 1 aliphatic rings. The van der Waals surface area contributed by atoms with Crippen molar-refractivity contribution < 1.29 is 4.42 Å². The number of para-hydroxylation sites is 1. The van der Waals surface area contributed by atoms with Gasteiger partial charge in [0.2, 0.25) is 0 Å². The molecule has 0 spiro atoms. The smallest absolute Gasteiger partial charge is 0.137 e. The van der Waals surface area contributed by atoms with Crippen LogP contribution in [0.4, 0.5) is 28.4 Å². The number of aryl methyl sites for hydroxylation is 1. The van der Waals surface area contributed by atoms with Crippen LogP contribution in [0.1, 0.15) is 83.6 Å². The van der Waals surface area contributed by atoms with Gasteiger partial charge in [0.1, 0.15) is 11.2 Å². The molecule has 262 valence electrons. The highest BCUT2D eigenvalue weighted by molar-refractivity contribution is 6.06. The van der Waals surface area contributed by atoms with E-state index in [0.29, 0.717) is 0 Å². The van der Waals surface area contributed by atoms with Gasteiger partial charge in [-0.15, -0.1) is 0 Å². The molecule has 0 unspecified atom stereocenters. The van der Waals surface area contributed by atoms with E-state index in [1.165, 1.54) is 46.2 Å². The third-order valence-electron chi connectivity index (χ3n) is 11.3. The van der Waals surface area contributed by atoms with Crippen LogP contribution < -0.4 is 10.2 Å². The lowest BCUT2D eigenvalue weighted by molar-refractivity contribution is 0.332. The van der Waals surface area contributed by atoms with Gasteiger partial charge in [-0.3, -0.25) is 0 Å². The number of fused-ring (bicyclic) bond motifs is 4. The summed E-state index contributed by atoms with van der Waals surface area (Å²) in [5.74, 6) is 0. The van der Waals surface area contributed by atoms with E-state index in [4.69, 9.17) is 4.42 Å². The van der Waals surface area contributed by atoms with Gasteiger partial charge in [-0.25, -0.2) is 0 Å². The summed E-state index contributed by atoms with van der Waals surface area (Å²) in [4.78, 5) is 2.40. The van der Waals surface area contributed by atoms with E-state index in [2.05, 4.69) is 181 Å². The molecule has 0 radical (unpaired) electrons. The molecule has 0 bridgehead atoms. The molecule has 6 aromatic carbocycles. The molecule has 0 saturated carbocycles. The van der Waals surface area contributed by atoms with Crippen molar-refractivity contribution in [3.63, 3.8) is 0 Å². The number of anilines is 5. The van der Waals surface area contributed by atoms with Crippen LogP contribution in [0.15, 0.2) is 132 Å². The zero-order valence-electron chi connectivity index (χ0n) is 31.9. The Labute approximate surface area is 309 Å². The highest BCUT2D eigenvalue weighted by Gasteiger charge is 2.37. The van der Waals surface area contributed by atoms with E-state index in [-0.39, 0.29) is 16.2 Å². The fourth-order valence-electron chi connectivity index (χ4n) is 8.12. The molecule has 1 N–H and O–H groups in total. The van der Waals surface area contributed by atoms with Crippen molar-refractivity contribution in [2.24, 2.45) is 0 Å². The summed E-state index contributed by atoms with van der Waals surface area (Å²) >= 11 is 0. The fourth-order valence-corrected chi connectivity index (χ4v) is 8.12. The lowest BCUT2D eigenvalue weighted by Crippen LogP contribution is -2.33. The van der Waals surface area contributed by atoms with E-state index < -0.39 is 0 Å². The number of hydrogen-bond donors (Lipinski definition) is 1. The monoisotopic (exact) mass is 682 g/mol. The second-order valence-corrected chi connectivity index (χ2v) is 17.2. The van der Waals surface area contributed by atoms with Crippen LogP contribution in [0.5, 0.6) is 0 Å². The Kier molecular flexibility index (Phi) is 8.10. The minimum Gasteiger partial charge on any atom is -0.456 e. The van der Waals surface area contributed by atoms with Crippen LogP contribution in [-0.4, -0.2) is 0 Å². The second kappa shape index (κ2) is 12.4.